The van der Waals surface area contributed by atoms with E-state index in [4.69, 9.17) is 0 Å². The summed E-state index contributed by atoms with van der Waals surface area (Å²) in [4.78, 5) is 2.65. The highest BCUT2D eigenvalue weighted by molar-refractivity contribution is 7.89. The Hall–Kier alpha value is -0.950. The molecule has 124 valence electrons. The smallest absolute Gasteiger partial charge is 0.240 e. The van der Waals surface area contributed by atoms with Crippen molar-refractivity contribution in [1.82, 2.24) is 14.9 Å². The highest BCUT2D eigenvalue weighted by Gasteiger charge is 2.16. The van der Waals surface area contributed by atoms with Crippen LogP contribution in [-0.2, 0) is 22.9 Å². The monoisotopic (exact) mass is 325 g/mol. The number of piperazine rings is 1. The van der Waals surface area contributed by atoms with Gasteiger partial charge in [-0.1, -0.05) is 19.9 Å². The van der Waals surface area contributed by atoms with Gasteiger partial charge in [0.2, 0.25) is 10.0 Å². The lowest BCUT2D eigenvalue weighted by atomic mass is 10.0. The predicted octanol–water partition coefficient (Wildman–Crippen LogP) is 0.995. The molecule has 0 spiro atoms. The minimum Gasteiger partial charge on any atom is -0.314 e. The largest absolute Gasteiger partial charge is 0.314 e. The summed E-state index contributed by atoms with van der Waals surface area (Å²) in [5, 5.41) is 3.29. The molecule has 1 fully saturated rings. The summed E-state index contributed by atoms with van der Waals surface area (Å²) in [5.74, 6) is 0. The Morgan fingerprint density at radius 1 is 1.14 bits per heavy atom. The third-order valence-corrected chi connectivity index (χ3v) is 5.64. The maximum absolute atomic E-state index is 12.4. The van der Waals surface area contributed by atoms with Gasteiger partial charge in [0, 0.05) is 39.3 Å². The predicted molar refractivity (Wildman–Crippen MR) is 89.7 cm³/mol. The molecule has 2 rings (SSSR count). The maximum Gasteiger partial charge on any atom is 0.240 e. The first-order valence-corrected chi connectivity index (χ1v) is 9.59. The Kier molecular flexibility index (Phi) is 6.37. The molecule has 1 aromatic carbocycles. The van der Waals surface area contributed by atoms with Crippen molar-refractivity contribution in [1.29, 1.82) is 0 Å². The van der Waals surface area contributed by atoms with Gasteiger partial charge in [-0.2, -0.15) is 0 Å². The van der Waals surface area contributed by atoms with E-state index in [0.29, 0.717) is 11.4 Å². The molecular weight excluding hydrogens is 298 g/mol. The van der Waals surface area contributed by atoms with Gasteiger partial charge in [-0.05, 0) is 36.1 Å². The van der Waals surface area contributed by atoms with Gasteiger partial charge in [-0.15, -0.1) is 0 Å². The summed E-state index contributed by atoms with van der Waals surface area (Å²) in [6.07, 6.45) is 1.78. The SMILES string of the molecule is CCc1ccc(S(=O)(=O)NCCN2CCNCC2)cc1CC. The zero-order valence-electron chi connectivity index (χ0n) is 13.6. The van der Waals surface area contributed by atoms with E-state index in [1.807, 2.05) is 12.1 Å². The number of hydrogen-bond acceptors (Lipinski definition) is 4. The van der Waals surface area contributed by atoms with E-state index < -0.39 is 10.0 Å². The van der Waals surface area contributed by atoms with Gasteiger partial charge in [-0.3, -0.25) is 4.90 Å². The van der Waals surface area contributed by atoms with Gasteiger partial charge in [0.05, 0.1) is 4.90 Å². The first kappa shape index (κ1) is 17.4. The molecule has 1 saturated heterocycles. The Balaban J connectivity index is 1.97. The second kappa shape index (κ2) is 8.06. The van der Waals surface area contributed by atoms with Crippen LogP contribution >= 0.6 is 0 Å². The van der Waals surface area contributed by atoms with Crippen LogP contribution in [0.3, 0.4) is 0 Å². The Morgan fingerprint density at radius 3 is 2.45 bits per heavy atom. The van der Waals surface area contributed by atoms with Gasteiger partial charge in [-0.25, -0.2) is 13.1 Å². The van der Waals surface area contributed by atoms with Gasteiger partial charge < -0.3 is 5.32 Å². The number of benzene rings is 1. The molecule has 6 heteroatoms. The van der Waals surface area contributed by atoms with Crippen molar-refractivity contribution < 1.29 is 8.42 Å². The van der Waals surface area contributed by atoms with Crippen LogP contribution in [0, 0.1) is 0 Å². The molecule has 1 aromatic rings. The summed E-state index contributed by atoms with van der Waals surface area (Å²) < 4.78 is 27.5. The fourth-order valence-corrected chi connectivity index (χ4v) is 3.87. The third kappa shape index (κ3) is 4.52. The zero-order valence-corrected chi connectivity index (χ0v) is 14.4. The van der Waals surface area contributed by atoms with Crippen LogP contribution in [0.25, 0.3) is 0 Å². The number of sulfonamides is 1. The van der Waals surface area contributed by atoms with Crippen molar-refractivity contribution in [2.24, 2.45) is 0 Å². The van der Waals surface area contributed by atoms with Crippen LogP contribution in [0.2, 0.25) is 0 Å². The van der Waals surface area contributed by atoms with Crippen LogP contribution in [0.4, 0.5) is 0 Å². The lowest BCUT2D eigenvalue weighted by molar-refractivity contribution is 0.245. The quantitative estimate of drug-likeness (QED) is 0.785. The van der Waals surface area contributed by atoms with Gasteiger partial charge >= 0.3 is 0 Å². The minimum absolute atomic E-state index is 0.377. The van der Waals surface area contributed by atoms with E-state index in [9.17, 15) is 8.42 Å². The molecule has 22 heavy (non-hydrogen) atoms. The summed E-state index contributed by atoms with van der Waals surface area (Å²) in [5.41, 5.74) is 2.34. The fourth-order valence-electron chi connectivity index (χ4n) is 2.80. The fraction of sp³-hybridized carbons (Fsp3) is 0.625. The Bertz CT molecular complexity index is 581. The molecule has 0 radical (unpaired) electrons. The second-order valence-corrected chi connectivity index (χ2v) is 7.39. The molecule has 5 nitrogen and oxygen atoms in total. The average Bonchev–Trinajstić information content (AvgIpc) is 2.55. The molecular formula is C16H27N3O2S. The van der Waals surface area contributed by atoms with Crippen molar-refractivity contribution in [3.05, 3.63) is 29.3 Å². The van der Waals surface area contributed by atoms with E-state index in [1.54, 1.807) is 6.07 Å². The van der Waals surface area contributed by atoms with Gasteiger partial charge in [0.15, 0.2) is 0 Å². The van der Waals surface area contributed by atoms with Crippen molar-refractivity contribution in [3.8, 4) is 0 Å². The highest BCUT2D eigenvalue weighted by Crippen LogP contribution is 2.17. The maximum atomic E-state index is 12.4. The second-order valence-electron chi connectivity index (χ2n) is 5.63. The molecule has 0 amide bonds. The molecule has 2 N–H and O–H groups in total. The first-order chi connectivity index (χ1) is 10.6. The van der Waals surface area contributed by atoms with Gasteiger partial charge in [0.1, 0.15) is 0 Å². The number of hydrogen-bond donors (Lipinski definition) is 2. The topological polar surface area (TPSA) is 61.4 Å². The molecule has 0 bridgehead atoms. The van der Waals surface area contributed by atoms with Crippen molar-refractivity contribution in [3.63, 3.8) is 0 Å². The molecule has 1 heterocycles. The van der Waals surface area contributed by atoms with Crippen molar-refractivity contribution in [2.45, 2.75) is 31.6 Å². The van der Waals surface area contributed by atoms with E-state index in [1.165, 1.54) is 5.56 Å². The van der Waals surface area contributed by atoms with Crippen LogP contribution in [0.1, 0.15) is 25.0 Å². The standard InChI is InChI=1S/C16H27N3O2S/c1-3-14-5-6-16(13-15(14)4-2)22(20,21)18-9-12-19-10-7-17-8-11-19/h5-6,13,17-18H,3-4,7-12H2,1-2H3. The van der Waals surface area contributed by atoms with E-state index in [2.05, 4.69) is 28.8 Å². The summed E-state index contributed by atoms with van der Waals surface area (Å²) in [7, 11) is -3.41. The van der Waals surface area contributed by atoms with Crippen LogP contribution in [-0.4, -0.2) is 52.6 Å². The number of aryl methyl sites for hydroxylation is 2. The lowest BCUT2D eigenvalue weighted by Gasteiger charge is -2.27. The van der Waals surface area contributed by atoms with E-state index >= 15 is 0 Å². The summed E-state index contributed by atoms with van der Waals surface area (Å²) in [6, 6.07) is 5.46. The lowest BCUT2D eigenvalue weighted by Crippen LogP contribution is -2.46. The van der Waals surface area contributed by atoms with Crippen LogP contribution in [0.5, 0.6) is 0 Å². The number of rotatable bonds is 7. The molecule has 0 atom stereocenters. The molecule has 0 aliphatic carbocycles. The molecule has 0 aromatic heterocycles. The first-order valence-electron chi connectivity index (χ1n) is 8.11. The van der Waals surface area contributed by atoms with Crippen molar-refractivity contribution >= 4 is 10.0 Å². The minimum atomic E-state index is -3.41. The van der Waals surface area contributed by atoms with Gasteiger partial charge in [0.25, 0.3) is 0 Å². The van der Waals surface area contributed by atoms with E-state index in [-0.39, 0.29) is 0 Å². The van der Waals surface area contributed by atoms with Crippen LogP contribution in [0.15, 0.2) is 23.1 Å². The van der Waals surface area contributed by atoms with E-state index in [0.717, 1.165) is 51.1 Å². The average molecular weight is 325 g/mol. The molecule has 0 saturated carbocycles. The van der Waals surface area contributed by atoms with Crippen LogP contribution < -0.4 is 10.0 Å². The number of nitrogens with one attached hydrogen (secondary N) is 2. The summed E-state index contributed by atoms with van der Waals surface area (Å²) >= 11 is 0. The zero-order chi connectivity index (χ0) is 16.0. The molecule has 1 aliphatic rings. The van der Waals surface area contributed by atoms with Crippen molar-refractivity contribution in [2.75, 3.05) is 39.3 Å². The molecule has 0 unspecified atom stereocenters. The Labute approximate surface area is 134 Å². The number of nitrogens with zero attached hydrogens (tertiary/aromatic N) is 1. The highest BCUT2D eigenvalue weighted by atomic mass is 32.2. The Morgan fingerprint density at radius 2 is 1.82 bits per heavy atom. The molecule has 1 aliphatic heterocycles. The normalized spacial score (nSPS) is 16.8. The third-order valence-electron chi connectivity index (χ3n) is 4.18. The summed E-state index contributed by atoms with van der Waals surface area (Å²) in [6.45, 7) is 9.28.